The van der Waals surface area contributed by atoms with Gasteiger partial charge in [-0.2, -0.15) is 0 Å². The second-order valence-electron chi connectivity index (χ2n) is 2.73. The minimum absolute atomic E-state index is 0.584. The van der Waals surface area contributed by atoms with Crippen LogP contribution in [0.15, 0.2) is 0 Å². The fourth-order valence-corrected chi connectivity index (χ4v) is 3.85. The molecule has 1 saturated heterocycles. The van der Waals surface area contributed by atoms with E-state index in [2.05, 4.69) is 6.92 Å². The Kier molecular flexibility index (Phi) is 3.55. The average Bonchev–Trinajstić information content (AvgIpc) is 2.30. The second kappa shape index (κ2) is 4.03. The van der Waals surface area contributed by atoms with Crippen LogP contribution >= 0.6 is 23.5 Å². The molecule has 2 atom stereocenters. The van der Waals surface area contributed by atoms with Crippen LogP contribution in [0.25, 0.3) is 0 Å². The summed E-state index contributed by atoms with van der Waals surface area (Å²) in [6, 6.07) is 0. The lowest BCUT2D eigenvalue weighted by Crippen LogP contribution is -2.32. The number of rotatable bonds is 3. The molecule has 0 aromatic carbocycles. The molecule has 0 saturated carbocycles. The Morgan fingerprint density at radius 1 is 1.64 bits per heavy atom. The molecule has 11 heavy (non-hydrogen) atoms. The summed E-state index contributed by atoms with van der Waals surface area (Å²) in [5.74, 6) is 0. The predicted molar refractivity (Wildman–Crippen MR) is 50.5 cm³/mol. The molecular formula is C7H14O2S2. The molecule has 0 spiro atoms. The quantitative estimate of drug-likeness (QED) is 0.716. The van der Waals surface area contributed by atoms with Crippen LogP contribution in [0.1, 0.15) is 26.2 Å². The number of aliphatic hydroxyl groups is 2. The van der Waals surface area contributed by atoms with Gasteiger partial charge in [0.25, 0.3) is 0 Å². The van der Waals surface area contributed by atoms with Gasteiger partial charge < -0.3 is 10.2 Å². The van der Waals surface area contributed by atoms with Gasteiger partial charge in [-0.25, -0.2) is 0 Å². The first-order valence-corrected chi connectivity index (χ1v) is 5.88. The fourth-order valence-electron chi connectivity index (χ4n) is 1.03. The molecule has 0 aromatic rings. The van der Waals surface area contributed by atoms with Crippen LogP contribution in [0.2, 0.25) is 0 Å². The summed E-state index contributed by atoms with van der Waals surface area (Å²) in [6.07, 6.45) is 2.77. The monoisotopic (exact) mass is 194 g/mol. The van der Waals surface area contributed by atoms with E-state index >= 15 is 0 Å². The average molecular weight is 194 g/mol. The molecule has 2 N–H and O–H groups in total. The minimum Gasteiger partial charge on any atom is -0.378 e. The SMILES string of the molecule is CCCCC1(O)SCSC1O. The molecule has 0 aromatic heterocycles. The first kappa shape index (κ1) is 9.71. The number of thioether (sulfide) groups is 2. The molecule has 0 bridgehead atoms. The molecule has 0 radical (unpaired) electrons. The third kappa shape index (κ3) is 2.28. The minimum atomic E-state index is -0.860. The molecule has 0 amide bonds. The Balaban J connectivity index is 2.38. The van der Waals surface area contributed by atoms with Gasteiger partial charge in [0.15, 0.2) is 0 Å². The van der Waals surface area contributed by atoms with E-state index in [4.69, 9.17) is 0 Å². The molecule has 2 nitrogen and oxygen atoms in total. The van der Waals surface area contributed by atoms with E-state index in [1.807, 2.05) is 0 Å². The highest BCUT2D eigenvalue weighted by Gasteiger charge is 2.40. The Morgan fingerprint density at radius 2 is 2.36 bits per heavy atom. The molecule has 4 heteroatoms. The lowest BCUT2D eigenvalue weighted by atomic mass is 10.1. The maximum Gasteiger partial charge on any atom is 0.146 e. The highest BCUT2D eigenvalue weighted by molar-refractivity contribution is 8.20. The molecule has 2 unspecified atom stereocenters. The van der Waals surface area contributed by atoms with Gasteiger partial charge in [0.1, 0.15) is 10.4 Å². The summed E-state index contributed by atoms with van der Waals surface area (Å²) in [5.41, 5.74) is -0.584. The van der Waals surface area contributed by atoms with Gasteiger partial charge in [0.05, 0.1) is 0 Å². The summed E-state index contributed by atoms with van der Waals surface area (Å²) in [7, 11) is 0. The lowest BCUT2D eigenvalue weighted by Gasteiger charge is -2.23. The summed E-state index contributed by atoms with van der Waals surface area (Å²) >= 11 is 2.88. The summed E-state index contributed by atoms with van der Waals surface area (Å²) in [5, 5.41) is 20.0. The van der Waals surface area contributed by atoms with E-state index in [9.17, 15) is 10.2 Å². The van der Waals surface area contributed by atoms with Gasteiger partial charge >= 0.3 is 0 Å². The van der Waals surface area contributed by atoms with E-state index in [-0.39, 0.29) is 0 Å². The maximum atomic E-state index is 9.78. The van der Waals surface area contributed by atoms with E-state index in [0.717, 1.165) is 17.9 Å². The van der Waals surface area contributed by atoms with Crippen molar-refractivity contribution in [2.75, 3.05) is 5.08 Å². The van der Waals surface area contributed by atoms with E-state index < -0.39 is 10.4 Å². The van der Waals surface area contributed by atoms with Gasteiger partial charge in [-0.1, -0.05) is 13.3 Å². The molecule has 1 aliphatic rings. The number of unbranched alkanes of at least 4 members (excludes halogenated alkanes) is 1. The zero-order chi connectivity index (χ0) is 8.32. The highest BCUT2D eigenvalue weighted by atomic mass is 32.2. The lowest BCUT2D eigenvalue weighted by molar-refractivity contribution is 0.0389. The van der Waals surface area contributed by atoms with Gasteiger partial charge in [-0.15, -0.1) is 23.5 Å². The van der Waals surface area contributed by atoms with Crippen molar-refractivity contribution < 1.29 is 10.2 Å². The van der Waals surface area contributed by atoms with Crippen molar-refractivity contribution in [3.8, 4) is 0 Å². The normalized spacial score (nSPS) is 37.9. The molecule has 1 aliphatic heterocycles. The Bertz CT molecular complexity index is 132. The van der Waals surface area contributed by atoms with Crippen LogP contribution in [0.4, 0.5) is 0 Å². The van der Waals surface area contributed by atoms with Crippen LogP contribution in [0.3, 0.4) is 0 Å². The Hall–Kier alpha value is 0.620. The van der Waals surface area contributed by atoms with Crippen LogP contribution in [0, 0.1) is 0 Å². The molecular weight excluding hydrogens is 180 g/mol. The van der Waals surface area contributed by atoms with E-state index in [0.29, 0.717) is 6.42 Å². The first-order valence-electron chi connectivity index (χ1n) is 3.85. The van der Waals surface area contributed by atoms with Crippen LogP contribution < -0.4 is 0 Å². The van der Waals surface area contributed by atoms with Crippen molar-refractivity contribution in [1.29, 1.82) is 0 Å². The standard InChI is InChI=1S/C7H14O2S2/c1-2-3-4-7(9)6(8)10-5-11-7/h6,8-9H,2-5H2,1H3. The topological polar surface area (TPSA) is 40.5 Å². The van der Waals surface area contributed by atoms with Gasteiger partial charge in [-0.05, 0) is 12.8 Å². The predicted octanol–water partition coefficient (Wildman–Crippen LogP) is 1.62. The second-order valence-corrected chi connectivity index (χ2v) is 5.45. The van der Waals surface area contributed by atoms with Crippen LogP contribution in [-0.4, -0.2) is 25.7 Å². The zero-order valence-electron chi connectivity index (χ0n) is 6.62. The van der Waals surface area contributed by atoms with E-state index in [1.54, 1.807) is 0 Å². The summed E-state index contributed by atoms with van der Waals surface area (Å²) < 4.78 is 0. The molecule has 66 valence electrons. The largest absolute Gasteiger partial charge is 0.378 e. The van der Waals surface area contributed by atoms with Gasteiger partial charge in [0.2, 0.25) is 0 Å². The number of aliphatic hydroxyl groups excluding tert-OH is 1. The first-order chi connectivity index (χ1) is 5.19. The van der Waals surface area contributed by atoms with Crippen molar-refractivity contribution in [2.24, 2.45) is 0 Å². The molecule has 1 rings (SSSR count). The Morgan fingerprint density at radius 3 is 2.82 bits per heavy atom. The van der Waals surface area contributed by atoms with Crippen molar-refractivity contribution in [3.05, 3.63) is 0 Å². The summed E-state index contributed by atoms with van der Waals surface area (Å²) in [6.45, 7) is 2.09. The molecule has 0 aliphatic carbocycles. The molecule has 1 fully saturated rings. The number of hydrogen-bond acceptors (Lipinski definition) is 4. The van der Waals surface area contributed by atoms with Crippen molar-refractivity contribution in [2.45, 2.75) is 36.6 Å². The highest BCUT2D eigenvalue weighted by Crippen LogP contribution is 2.45. The van der Waals surface area contributed by atoms with Crippen LogP contribution in [-0.2, 0) is 0 Å². The molecule has 1 heterocycles. The zero-order valence-corrected chi connectivity index (χ0v) is 8.25. The van der Waals surface area contributed by atoms with Gasteiger partial charge in [0, 0.05) is 5.08 Å². The van der Waals surface area contributed by atoms with Crippen LogP contribution in [0.5, 0.6) is 0 Å². The third-order valence-electron chi connectivity index (χ3n) is 1.81. The van der Waals surface area contributed by atoms with E-state index in [1.165, 1.54) is 23.5 Å². The smallest absolute Gasteiger partial charge is 0.146 e. The van der Waals surface area contributed by atoms with Gasteiger partial charge in [-0.3, -0.25) is 0 Å². The number of hydrogen-bond donors (Lipinski definition) is 2. The Labute approximate surface area is 75.8 Å². The van der Waals surface area contributed by atoms with Crippen molar-refractivity contribution in [1.82, 2.24) is 0 Å². The van der Waals surface area contributed by atoms with Crippen molar-refractivity contribution in [3.63, 3.8) is 0 Å². The maximum absolute atomic E-state index is 9.78. The third-order valence-corrected chi connectivity index (χ3v) is 4.61. The fraction of sp³-hybridized carbons (Fsp3) is 1.00. The van der Waals surface area contributed by atoms with Crippen molar-refractivity contribution >= 4 is 23.5 Å². The summed E-state index contributed by atoms with van der Waals surface area (Å²) in [4.78, 5) is -0.860.